The smallest absolute Gasteiger partial charge is 0.328 e. The molecule has 0 radical (unpaired) electrons. The van der Waals surface area contributed by atoms with Gasteiger partial charge >= 0.3 is 5.97 Å². The number of nitrogens with zero attached hydrogens (tertiary/aromatic N) is 1. The SMILES string of the molecule is CC(O)C(NC(=O)C(Cc1cnc[nH]1)NC(=O)CNC(=O)C(N)Cc1ccc(O)cc1)C(=O)O. The molecule has 34 heavy (non-hydrogen) atoms. The van der Waals surface area contributed by atoms with Gasteiger partial charge in [-0.15, -0.1) is 0 Å². The van der Waals surface area contributed by atoms with E-state index < -0.39 is 54.5 Å². The summed E-state index contributed by atoms with van der Waals surface area (Å²) in [6.07, 6.45) is 1.56. The fourth-order valence-corrected chi connectivity index (χ4v) is 2.99. The van der Waals surface area contributed by atoms with Crippen LogP contribution in [-0.4, -0.2) is 79.8 Å². The Morgan fingerprint density at radius 1 is 1.09 bits per heavy atom. The van der Waals surface area contributed by atoms with E-state index in [0.717, 1.165) is 0 Å². The normalized spacial score (nSPS) is 14.3. The van der Waals surface area contributed by atoms with Crippen molar-refractivity contribution in [2.24, 2.45) is 5.73 Å². The largest absolute Gasteiger partial charge is 0.508 e. The lowest BCUT2D eigenvalue weighted by Gasteiger charge is -2.22. The van der Waals surface area contributed by atoms with Crippen molar-refractivity contribution in [3.63, 3.8) is 0 Å². The second-order valence-corrected chi connectivity index (χ2v) is 7.66. The Morgan fingerprint density at radius 2 is 1.76 bits per heavy atom. The lowest BCUT2D eigenvalue weighted by atomic mass is 10.1. The van der Waals surface area contributed by atoms with Gasteiger partial charge in [-0.2, -0.15) is 0 Å². The number of carbonyl (C=O) groups is 4. The Labute approximate surface area is 194 Å². The van der Waals surface area contributed by atoms with Gasteiger partial charge in [-0.1, -0.05) is 12.1 Å². The van der Waals surface area contributed by atoms with Gasteiger partial charge in [0.05, 0.1) is 25.0 Å². The Kier molecular flexibility index (Phi) is 9.52. The minimum Gasteiger partial charge on any atom is -0.508 e. The van der Waals surface area contributed by atoms with Gasteiger partial charge in [0.25, 0.3) is 0 Å². The van der Waals surface area contributed by atoms with E-state index in [4.69, 9.17) is 5.73 Å². The standard InChI is InChI=1S/C21H28N6O7/c1-11(28)18(21(33)34)27-20(32)16(7-13-8-23-10-25-13)26-17(30)9-24-19(31)15(22)6-12-2-4-14(29)5-3-12/h2-5,8,10-11,15-16,18,28-29H,6-7,9,22H2,1H3,(H,23,25)(H,24,31)(H,26,30)(H,27,32)(H,33,34). The first-order chi connectivity index (χ1) is 16.1. The fraction of sp³-hybridized carbons (Fsp3) is 0.381. The maximum atomic E-state index is 12.6. The first kappa shape index (κ1) is 26.3. The van der Waals surface area contributed by atoms with Crippen LogP contribution < -0.4 is 21.7 Å². The summed E-state index contributed by atoms with van der Waals surface area (Å²) in [5, 5.41) is 35.1. The molecular formula is C21H28N6O7. The maximum Gasteiger partial charge on any atom is 0.328 e. The molecule has 4 unspecified atom stereocenters. The zero-order valence-corrected chi connectivity index (χ0v) is 18.4. The van der Waals surface area contributed by atoms with Crippen molar-refractivity contribution in [2.45, 2.75) is 44.0 Å². The molecule has 13 nitrogen and oxygen atoms in total. The predicted molar refractivity (Wildman–Crippen MR) is 118 cm³/mol. The summed E-state index contributed by atoms with van der Waals surface area (Å²) in [6.45, 7) is 0.728. The van der Waals surface area contributed by atoms with Crippen molar-refractivity contribution in [2.75, 3.05) is 6.54 Å². The molecule has 0 spiro atoms. The molecule has 0 saturated carbocycles. The number of aliphatic hydroxyl groups is 1. The Bertz CT molecular complexity index is 978. The average Bonchev–Trinajstić information content (AvgIpc) is 3.29. The predicted octanol–water partition coefficient (Wildman–Crippen LogP) is -2.22. The van der Waals surface area contributed by atoms with Crippen LogP contribution in [0.2, 0.25) is 0 Å². The van der Waals surface area contributed by atoms with Crippen LogP contribution in [-0.2, 0) is 32.0 Å². The van der Waals surface area contributed by atoms with Crippen molar-refractivity contribution in [3.05, 3.63) is 48.0 Å². The van der Waals surface area contributed by atoms with Crippen molar-refractivity contribution >= 4 is 23.7 Å². The van der Waals surface area contributed by atoms with Crippen LogP contribution in [0.1, 0.15) is 18.2 Å². The van der Waals surface area contributed by atoms with Gasteiger partial charge < -0.3 is 42.0 Å². The minimum absolute atomic E-state index is 0.0436. The first-order valence-corrected chi connectivity index (χ1v) is 10.4. The number of nitrogens with two attached hydrogens (primary N) is 1. The Balaban J connectivity index is 1.95. The molecule has 1 heterocycles. The van der Waals surface area contributed by atoms with Crippen LogP contribution in [0.3, 0.4) is 0 Å². The van der Waals surface area contributed by atoms with Gasteiger partial charge in [0.15, 0.2) is 6.04 Å². The molecule has 13 heteroatoms. The van der Waals surface area contributed by atoms with Crippen LogP contribution >= 0.6 is 0 Å². The number of H-pyrrole nitrogens is 1. The van der Waals surface area contributed by atoms with E-state index in [9.17, 15) is 34.5 Å². The summed E-state index contributed by atoms with van der Waals surface area (Å²) >= 11 is 0. The molecule has 1 aromatic heterocycles. The van der Waals surface area contributed by atoms with Gasteiger partial charge in [-0.25, -0.2) is 9.78 Å². The number of aromatic amines is 1. The molecule has 0 bridgehead atoms. The molecule has 1 aromatic carbocycles. The number of amides is 3. The van der Waals surface area contributed by atoms with Gasteiger partial charge in [0, 0.05) is 18.3 Å². The summed E-state index contributed by atoms with van der Waals surface area (Å²) in [4.78, 5) is 55.2. The number of carboxylic acids is 1. The quantitative estimate of drug-likeness (QED) is 0.166. The van der Waals surface area contributed by atoms with Crippen molar-refractivity contribution in [3.8, 4) is 5.75 Å². The summed E-state index contributed by atoms with van der Waals surface area (Å²) in [5.74, 6) is -3.52. The number of aliphatic hydroxyl groups excluding tert-OH is 1. The second kappa shape index (κ2) is 12.3. The molecule has 0 aliphatic rings. The highest BCUT2D eigenvalue weighted by Crippen LogP contribution is 2.10. The van der Waals surface area contributed by atoms with E-state index >= 15 is 0 Å². The first-order valence-electron chi connectivity index (χ1n) is 10.4. The number of imidazole rings is 1. The molecule has 3 amide bonds. The molecule has 2 rings (SSSR count). The zero-order valence-electron chi connectivity index (χ0n) is 18.4. The van der Waals surface area contributed by atoms with E-state index in [2.05, 4.69) is 25.9 Å². The number of hydrogen-bond donors (Lipinski definition) is 8. The number of carbonyl (C=O) groups excluding carboxylic acids is 3. The number of rotatable bonds is 12. The highest BCUT2D eigenvalue weighted by molar-refractivity contribution is 5.92. The maximum absolute atomic E-state index is 12.6. The third-order valence-corrected chi connectivity index (χ3v) is 4.83. The molecule has 4 atom stereocenters. The van der Waals surface area contributed by atoms with Gasteiger partial charge in [-0.3, -0.25) is 14.4 Å². The second-order valence-electron chi connectivity index (χ2n) is 7.66. The van der Waals surface area contributed by atoms with E-state index in [1.165, 1.54) is 31.6 Å². The van der Waals surface area contributed by atoms with Gasteiger partial charge in [0.1, 0.15) is 11.8 Å². The molecule has 0 fully saturated rings. The summed E-state index contributed by atoms with van der Waals surface area (Å²) in [6, 6.07) is 2.41. The molecular weight excluding hydrogens is 448 g/mol. The monoisotopic (exact) mass is 476 g/mol. The third kappa shape index (κ3) is 8.18. The minimum atomic E-state index is -1.58. The highest BCUT2D eigenvalue weighted by atomic mass is 16.4. The number of aliphatic carboxylic acids is 1. The van der Waals surface area contributed by atoms with Crippen LogP contribution in [0, 0.1) is 0 Å². The molecule has 0 saturated heterocycles. The number of hydrogen-bond acceptors (Lipinski definition) is 8. The third-order valence-electron chi connectivity index (χ3n) is 4.83. The van der Waals surface area contributed by atoms with Crippen molar-refractivity contribution in [1.82, 2.24) is 25.9 Å². The average molecular weight is 476 g/mol. The molecule has 9 N–H and O–H groups in total. The summed E-state index contributed by atoms with van der Waals surface area (Å²) < 4.78 is 0. The van der Waals surface area contributed by atoms with Crippen molar-refractivity contribution < 1.29 is 34.5 Å². The lowest BCUT2D eigenvalue weighted by molar-refractivity contribution is -0.145. The topological polar surface area (TPSA) is 220 Å². The summed E-state index contributed by atoms with van der Waals surface area (Å²) in [5.41, 5.74) is 7.07. The number of phenolic OH excluding ortho intramolecular Hbond substituents is 1. The van der Waals surface area contributed by atoms with Crippen LogP contribution in [0.5, 0.6) is 5.75 Å². The van der Waals surface area contributed by atoms with Gasteiger partial charge in [0.2, 0.25) is 17.7 Å². The number of phenols is 1. The van der Waals surface area contributed by atoms with E-state index in [-0.39, 0.29) is 18.6 Å². The fourth-order valence-electron chi connectivity index (χ4n) is 2.99. The highest BCUT2D eigenvalue weighted by Gasteiger charge is 2.30. The lowest BCUT2D eigenvalue weighted by Crippen LogP contribution is -2.56. The number of benzene rings is 1. The van der Waals surface area contributed by atoms with Crippen molar-refractivity contribution in [1.29, 1.82) is 0 Å². The van der Waals surface area contributed by atoms with E-state index in [1.54, 1.807) is 12.1 Å². The molecule has 0 aliphatic carbocycles. The van der Waals surface area contributed by atoms with Crippen LogP contribution in [0.4, 0.5) is 0 Å². The number of carboxylic acid groups (broad SMARTS) is 1. The van der Waals surface area contributed by atoms with Crippen LogP contribution in [0.15, 0.2) is 36.8 Å². The van der Waals surface area contributed by atoms with E-state index in [1.807, 2.05) is 0 Å². The number of aromatic hydroxyl groups is 1. The zero-order chi connectivity index (χ0) is 25.3. The van der Waals surface area contributed by atoms with Crippen LogP contribution in [0.25, 0.3) is 0 Å². The molecule has 0 aliphatic heterocycles. The Morgan fingerprint density at radius 3 is 2.32 bits per heavy atom. The number of aromatic nitrogens is 2. The molecule has 2 aromatic rings. The number of nitrogens with one attached hydrogen (secondary N) is 4. The van der Waals surface area contributed by atoms with E-state index in [0.29, 0.717) is 11.3 Å². The Hall–Kier alpha value is -3.97. The molecule has 184 valence electrons. The summed E-state index contributed by atoms with van der Waals surface area (Å²) in [7, 11) is 0. The van der Waals surface area contributed by atoms with Gasteiger partial charge in [-0.05, 0) is 31.0 Å².